The predicted octanol–water partition coefficient (Wildman–Crippen LogP) is 21.2. The van der Waals surface area contributed by atoms with Crippen LogP contribution in [-0.4, -0.2) is 37.2 Å². The van der Waals surface area contributed by atoms with Crippen molar-refractivity contribution in [2.24, 2.45) is 0 Å². The van der Waals surface area contributed by atoms with Gasteiger partial charge in [-0.2, -0.15) is 0 Å². The Kier molecular flexibility index (Phi) is 58.2. The summed E-state index contributed by atoms with van der Waals surface area (Å²) in [5.41, 5.74) is 0. The fourth-order valence-corrected chi connectivity index (χ4v) is 9.35. The normalized spacial score (nSPS) is 12.2. The van der Waals surface area contributed by atoms with Crippen LogP contribution in [0, 0.1) is 0 Å². The van der Waals surface area contributed by atoms with Crippen LogP contribution in [0.4, 0.5) is 0 Å². The minimum absolute atomic E-state index is 0.0717. The molecule has 1 atom stereocenters. The number of hydrogen-bond donors (Lipinski definition) is 0. The van der Waals surface area contributed by atoms with Gasteiger partial charge in [0, 0.05) is 19.3 Å². The van der Waals surface area contributed by atoms with E-state index < -0.39 is 6.10 Å². The molecule has 0 spiro atoms. The van der Waals surface area contributed by atoms with Gasteiger partial charge in [0.05, 0.1) is 0 Å². The molecule has 0 unspecified atom stereocenters. The second kappa shape index (κ2) is 60.2. The van der Waals surface area contributed by atoms with Crippen LogP contribution in [0.3, 0.4) is 0 Å². The highest BCUT2D eigenvalue weighted by Gasteiger charge is 2.19. The van der Waals surface area contributed by atoms with E-state index in [0.717, 1.165) is 70.6 Å². The Morgan fingerprint density at radius 2 is 0.507 bits per heavy atom. The molecule has 0 radical (unpaired) electrons. The summed E-state index contributed by atoms with van der Waals surface area (Å²) in [6.45, 7) is 6.66. The minimum atomic E-state index is -0.775. The smallest absolute Gasteiger partial charge is 0.306 e. The molecule has 6 heteroatoms. The average Bonchev–Trinajstić information content (AvgIpc) is 3.37. The monoisotopic (exact) mass is 997 g/mol. The number of carbonyl (C=O) groups is 3. The van der Waals surface area contributed by atoms with Gasteiger partial charge >= 0.3 is 17.9 Å². The van der Waals surface area contributed by atoms with Gasteiger partial charge < -0.3 is 14.2 Å². The summed E-state index contributed by atoms with van der Waals surface area (Å²) in [6.07, 6.45) is 72.8. The lowest BCUT2D eigenvalue weighted by molar-refractivity contribution is -0.167. The molecule has 0 rings (SSSR count). The number of hydrogen-bond acceptors (Lipinski definition) is 6. The fourth-order valence-electron chi connectivity index (χ4n) is 9.35. The zero-order valence-corrected chi connectivity index (χ0v) is 47.8. The highest BCUT2D eigenvalue weighted by atomic mass is 16.6. The third-order valence-corrected chi connectivity index (χ3v) is 14.1. The highest BCUT2D eigenvalue weighted by molar-refractivity contribution is 5.71. The molecule has 0 aromatic carbocycles. The summed E-state index contributed by atoms with van der Waals surface area (Å²) in [6, 6.07) is 0. The molecule has 0 aliphatic rings. The summed E-state index contributed by atoms with van der Waals surface area (Å²) >= 11 is 0. The molecular weight excluding hydrogens is 877 g/mol. The lowest BCUT2D eigenvalue weighted by Crippen LogP contribution is -2.30. The number of rotatable bonds is 58. The second-order valence-corrected chi connectivity index (χ2v) is 21.3. The van der Waals surface area contributed by atoms with Gasteiger partial charge in [-0.05, 0) is 77.0 Å². The average molecular weight is 998 g/mol. The molecule has 0 amide bonds. The molecule has 0 saturated carbocycles. The van der Waals surface area contributed by atoms with Crippen LogP contribution in [0.1, 0.15) is 342 Å². The van der Waals surface area contributed by atoms with Crippen molar-refractivity contribution >= 4 is 17.9 Å². The van der Waals surface area contributed by atoms with Gasteiger partial charge in [0.2, 0.25) is 0 Å². The Morgan fingerprint density at radius 3 is 0.817 bits per heavy atom. The summed E-state index contributed by atoms with van der Waals surface area (Å²) < 4.78 is 16.9. The fraction of sp³-hybridized carbons (Fsp3) is 0.862. The molecule has 0 heterocycles. The van der Waals surface area contributed by atoms with E-state index in [1.165, 1.54) is 231 Å². The van der Waals surface area contributed by atoms with Gasteiger partial charge in [0.25, 0.3) is 0 Å². The van der Waals surface area contributed by atoms with E-state index in [2.05, 4.69) is 57.2 Å². The SMILES string of the molecule is CCCCC/C=C\C/C=C\CCCCCCCCCC(=O)O[C@@H](COC(=O)CCCCCCCCCCC/C=C\CCCCCCCC)COC(=O)CCCCCCCCCCCCCCCCCCC. The van der Waals surface area contributed by atoms with E-state index in [1.807, 2.05) is 0 Å². The number of unbranched alkanes of at least 4 members (excludes halogenated alkanes) is 41. The van der Waals surface area contributed by atoms with Crippen molar-refractivity contribution in [3.8, 4) is 0 Å². The molecule has 0 aliphatic heterocycles. The number of allylic oxidation sites excluding steroid dienone is 6. The third-order valence-electron chi connectivity index (χ3n) is 14.1. The van der Waals surface area contributed by atoms with E-state index in [1.54, 1.807) is 0 Å². The van der Waals surface area contributed by atoms with Crippen LogP contribution in [0.15, 0.2) is 36.5 Å². The van der Waals surface area contributed by atoms with Gasteiger partial charge in [-0.1, -0.05) is 282 Å². The maximum atomic E-state index is 12.9. The van der Waals surface area contributed by atoms with Gasteiger partial charge in [0.15, 0.2) is 6.10 Å². The first-order valence-corrected chi connectivity index (χ1v) is 31.5. The first kappa shape index (κ1) is 68.6. The first-order valence-electron chi connectivity index (χ1n) is 31.5. The Morgan fingerprint density at radius 1 is 0.282 bits per heavy atom. The number of ether oxygens (including phenoxy) is 3. The van der Waals surface area contributed by atoms with Crippen molar-refractivity contribution < 1.29 is 28.6 Å². The van der Waals surface area contributed by atoms with Crippen molar-refractivity contribution in [2.45, 2.75) is 348 Å². The number of carbonyl (C=O) groups excluding carboxylic acids is 3. The van der Waals surface area contributed by atoms with E-state index in [4.69, 9.17) is 14.2 Å². The van der Waals surface area contributed by atoms with Crippen molar-refractivity contribution in [1.82, 2.24) is 0 Å². The van der Waals surface area contributed by atoms with Crippen molar-refractivity contribution in [2.75, 3.05) is 13.2 Å². The summed E-state index contributed by atoms with van der Waals surface area (Å²) in [5, 5.41) is 0. The minimum Gasteiger partial charge on any atom is -0.462 e. The lowest BCUT2D eigenvalue weighted by atomic mass is 10.0. The first-order chi connectivity index (χ1) is 35.0. The second-order valence-electron chi connectivity index (χ2n) is 21.3. The Bertz CT molecular complexity index is 1190. The number of esters is 3. The van der Waals surface area contributed by atoms with Crippen LogP contribution in [0.5, 0.6) is 0 Å². The van der Waals surface area contributed by atoms with Gasteiger partial charge in [-0.3, -0.25) is 14.4 Å². The van der Waals surface area contributed by atoms with Gasteiger partial charge in [0.1, 0.15) is 13.2 Å². The third kappa shape index (κ3) is 58.4. The van der Waals surface area contributed by atoms with Crippen molar-refractivity contribution in [1.29, 1.82) is 0 Å². The maximum absolute atomic E-state index is 12.9. The van der Waals surface area contributed by atoms with Crippen molar-refractivity contribution in [3.05, 3.63) is 36.5 Å². The molecule has 0 aliphatic carbocycles. The van der Waals surface area contributed by atoms with Crippen molar-refractivity contribution in [3.63, 3.8) is 0 Å². The molecule has 71 heavy (non-hydrogen) atoms. The molecule has 0 fully saturated rings. The largest absolute Gasteiger partial charge is 0.462 e. The lowest BCUT2D eigenvalue weighted by Gasteiger charge is -2.18. The molecule has 6 nitrogen and oxygen atoms in total. The predicted molar refractivity (Wildman–Crippen MR) is 307 cm³/mol. The van der Waals surface area contributed by atoms with E-state index in [9.17, 15) is 14.4 Å². The molecule has 0 N–H and O–H groups in total. The zero-order valence-electron chi connectivity index (χ0n) is 47.8. The summed E-state index contributed by atoms with van der Waals surface area (Å²) in [4.78, 5) is 38.3. The molecular formula is C65H120O6. The van der Waals surface area contributed by atoms with Crippen LogP contribution in [0.2, 0.25) is 0 Å². The quantitative estimate of drug-likeness (QED) is 0.0261. The van der Waals surface area contributed by atoms with E-state index in [0.29, 0.717) is 19.3 Å². The molecule has 416 valence electrons. The zero-order chi connectivity index (χ0) is 51.4. The van der Waals surface area contributed by atoms with Crippen LogP contribution >= 0.6 is 0 Å². The highest BCUT2D eigenvalue weighted by Crippen LogP contribution is 2.17. The Hall–Kier alpha value is -2.37. The van der Waals surface area contributed by atoms with Crippen LogP contribution < -0.4 is 0 Å². The van der Waals surface area contributed by atoms with Crippen LogP contribution in [-0.2, 0) is 28.6 Å². The summed E-state index contributed by atoms with van der Waals surface area (Å²) in [7, 11) is 0. The summed E-state index contributed by atoms with van der Waals surface area (Å²) in [5.74, 6) is -0.859. The standard InChI is InChI=1S/C65H120O6/c1-4-7-10-13-16-19-22-25-28-31-32-35-37-40-43-46-49-52-55-58-64(67)70-61-62(71-65(68)59-56-53-50-47-44-41-38-34-30-27-24-21-18-15-12-9-6-3)60-69-63(66)57-54-51-48-45-42-39-36-33-29-26-23-20-17-14-11-8-5-2/h18,21,25,27-28,30,62H,4-17,19-20,22-24,26,29,31-61H2,1-3H3/b21-18-,28-25-,30-27-/t62-/m1/s1. The molecule has 0 aromatic rings. The van der Waals surface area contributed by atoms with E-state index in [-0.39, 0.29) is 31.1 Å². The molecule has 0 aromatic heterocycles. The van der Waals surface area contributed by atoms with E-state index >= 15 is 0 Å². The Labute approximate surface area is 442 Å². The Balaban J connectivity index is 4.34. The molecule has 0 bridgehead atoms. The van der Waals surface area contributed by atoms with Gasteiger partial charge in [-0.25, -0.2) is 0 Å². The molecule has 0 saturated heterocycles. The topological polar surface area (TPSA) is 78.9 Å². The van der Waals surface area contributed by atoms with Gasteiger partial charge in [-0.15, -0.1) is 0 Å². The maximum Gasteiger partial charge on any atom is 0.306 e. The van der Waals surface area contributed by atoms with Crippen LogP contribution in [0.25, 0.3) is 0 Å².